The maximum absolute atomic E-state index is 5.66. The molecule has 112 valence electrons. The first kappa shape index (κ1) is 15.4. The number of fused-ring (bicyclic) bond motifs is 1. The van der Waals surface area contributed by atoms with E-state index in [2.05, 4.69) is 17.0 Å². The standard InChI is InChI=1S/C14H20N2O3.ClH/c15-8-12-10-16(3-4-17-12)9-11-1-2-13-14(7-11)19-6-5-18-13;/h1-2,7,12H,3-6,8-10,15H2;1H. The van der Waals surface area contributed by atoms with Crippen molar-refractivity contribution in [2.75, 3.05) is 39.5 Å². The molecule has 1 saturated heterocycles. The van der Waals surface area contributed by atoms with E-state index in [4.69, 9.17) is 19.9 Å². The van der Waals surface area contributed by atoms with Crippen molar-refractivity contribution in [2.45, 2.75) is 12.6 Å². The maximum Gasteiger partial charge on any atom is 0.161 e. The summed E-state index contributed by atoms with van der Waals surface area (Å²) in [6.07, 6.45) is 0.158. The minimum absolute atomic E-state index is 0. The van der Waals surface area contributed by atoms with Crippen LogP contribution in [-0.2, 0) is 11.3 Å². The van der Waals surface area contributed by atoms with Crippen LogP contribution in [0.15, 0.2) is 18.2 Å². The predicted molar refractivity (Wildman–Crippen MR) is 78.8 cm³/mol. The Bertz CT molecular complexity index is 444. The number of benzene rings is 1. The molecule has 0 saturated carbocycles. The van der Waals surface area contributed by atoms with E-state index < -0.39 is 0 Å². The number of halogens is 1. The van der Waals surface area contributed by atoms with Gasteiger partial charge in [-0.15, -0.1) is 12.4 Å². The molecule has 2 N–H and O–H groups in total. The molecule has 1 fully saturated rings. The van der Waals surface area contributed by atoms with Crippen LogP contribution in [0.2, 0.25) is 0 Å². The zero-order valence-corrected chi connectivity index (χ0v) is 12.2. The second-order valence-electron chi connectivity index (χ2n) is 4.94. The Hall–Kier alpha value is -1.01. The monoisotopic (exact) mass is 300 g/mol. The van der Waals surface area contributed by atoms with Gasteiger partial charge in [0.25, 0.3) is 0 Å². The molecule has 1 aromatic rings. The van der Waals surface area contributed by atoms with Gasteiger partial charge in [-0.05, 0) is 17.7 Å². The Labute approximate surface area is 125 Å². The number of rotatable bonds is 3. The summed E-state index contributed by atoms with van der Waals surface area (Å²) in [5.74, 6) is 1.70. The van der Waals surface area contributed by atoms with E-state index in [-0.39, 0.29) is 18.5 Å². The fourth-order valence-corrected chi connectivity index (χ4v) is 2.51. The van der Waals surface area contributed by atoms with Crippen molar-refractivity contribution in [3.05, 3.63) is 23.8 Å². The summed E-state index contributed by atoms with van der Waals surface area (Å²) in [6.45, 7) is 5.34. The van der Waals surface area contributed by atoms with Gasteiger partial charge in [0.1, 0.15) is 13.2 Å². The molecule has 6 heteroatoms. The SMILES string of the molecule is Cl.NCC1CN(Cc2ccc3c(c2)OCCO3)CCO1. The van der Waals surface area contributed by atoms with Gasteiger partial charge in [-0.25, -0.2) is 0 Å². The van der Waals surface area contributed by atoms with Crippen molar-refractivity contribution in [2.24, 2.45) is 5.73 Å². The molecule has 1 atom stereocenters. The molecule has 0 bridgehead atoms. The molecule has 3 rings (SSSR count). The van der Waals surface area contributed by atoms with Gasteiger partial charge in [0.2, 0.25) is 0 Å². The number of morpholine rings is 1. The maximum atomic E-state index is 5.66. The highest BCUT2D eigenvalue weighted by molar-refractivity contribution is 5.85. The highest BCUT2D eigenvalue weighted by atomic mass is 35.5. The first-order valence-electron chi connectivity index (χ1n) is 6.77. The summed E-state index contributed by atoms with van der Waals surface area (Å²) in [6, 6.07) is 6.16. The second kappa shape index (κ2) is 7.13. The van der Waals surface area contributed by atoms with Crippen molar-refractivity contribution < 1.29 is 14.2 Å². The molecule has 0 spiro atoms. The number of ether oxygens (including phenoxy) is 3. The molecule has 2 aliphatic heterocycles. The smallest absolute Gasteiger partial charge is 0.161 e. The lowest BCUT2D eigenvalue weighted by atomic mass is 10.1. The topological polar surface area (TPSA) is 57.0 Å². The van der Waals surface area contributed by atoms with Crippen LogP contribution in [0.25, 0.3) is 0 Å². The lowest BCUT2D eigenvalue weighted by molar-refractivity contribution is -0.0260. The molecular weight excluding hydrogens is 280 g/mol. The molecule has 0 amide bonds. The van der Waals surface area contributed by atoms with Gasteiger partial charge < -0.3 is 19.9 Å². The largest absolute Gasteiger partial charge is 0.486 e. The molecular formula is C14H21ClN2O3. The zero-order valence-electron chi connectivity index (χ0n) is 11.4. The Kier molecular flexibility index (Phi) is 5.48. The van der Waals surface area contributed by atoms with E-state index >= 15 is 0 Å². The minimum Gasteiger partial charge on any atom is -0.486 e. The van der Waals surface area contributed by atoms with Crippen LogP contribution >= 0.6 is 12.4 Å². The normalized spacial score (nSPS) is 22.1. The van der Waals surface area contributed by atoms with Gasteiger partial charge >= 0.3 is 0 Å². The first-order chi connectivity index (χ1) is 9.35. The lowest BCUT2D eigenvalue weighted by Crippen LogP contribution is -2.45. The Morgan fingerprint density at radius 1 is 1.15 bits per heavy atom. The van der Waals surface area contributed by atoms with Gasteiger partial charge in [-0.3, -0.25) is 4.90 Å². The highest BCUT2D eigenvalue weighted by Crippen LogP contribution is 2.31. The summed E-state index contributed by atoms with van der Waals surface area (Å²) >= 11 is 0. The van der Waals surface area contributed by atoms with E-state index in [0.717, 1.165) is 37.7 Å². The van der Waals surface area contributed by atoms with E-state index in [1.54, 1.807) is 0 Å². The van der Waals surface area contributed by atoms with Crippen LogP contribution in [0, 0.1) is 0 Å². The van der Waals surface area contributed by atoms with Crippen LogP contribution in [0.1, 0.15) is 5.56 Å². The quantitative estimate of drug-likeness (QED) is 0.904. The summed E-state index contributed by atoms with van der Waals surface area (Å²) < 4.78 is 16.7. The summed E-state index contributed by atoms with van der Waals surface area (Å²) in [7, 11) is 0. The first-order valence-corrected chi connectivity index (χ1v) is 6.77. The van der Waals surface area contributed by atoms with Crippen molar-refractivity contribution in [1.29, 1.82) is 0 Å². The van der Waals surface area contributed by atoms with Gasteiger partial charge in [0, 0.05) is 26.2 Å². The number of hydrogen-bond acceptors (Lipinski definition) is 5. The zero-order chi connectivity index (χ0) is 13.1. The summed E-state index contributed by atoms with van der Waals surface area (Å²) in [5.41, 5.74) is 6.90. The molecule has 0 aliphatic carbocycles. The highest BCUT2D eigenvalue weighted by Gasteiger charge is 2.20. The second-order valence-corrected chi connectivity index (χ2v) is 4.94. The van der Waals surface area contributed by atoms with E-state index in [9.17, 15) is 0 Å². The van der Waals surface area contributed by atoms with E-state index in [0.29, 0.717) is 19.8 Å². The lowest BCUT2D eigenvalue weighted by Gasteiger charge is -2.32. The van der Waals surface area contributed by atoms with E-state index in [1.807, 2.05) is 6.07 Å². The molecule has 0 radical (unpaired) electrons. The molecule has 1 aromatic carbocycles. The van der Waals surface area contributed by atoms with Gasteiger partial charge in [0.05, 0.1) is 12.7 Å². The van der Waals surface area contributed by atoms with Crippen LogP contribution in [0.5, 0.6) is 11.5 Å². The molecule has 0 aromatic heterocycles. The fraction of sp³-hybridized carbons (Fsp3) is 0.571. The predicted octanol–water partition coefficient (Wildman–Crippen LogP) is 1.04. The van der Waals surface area contributed by atoms with Gasteiger partial charge in [-0.1, -0.05) is 6.07 Å². The molecule has 1 unspecified atom stereocenters. The third-order valence-electron chi connectivity index (χ3n) is 3.50. The summed E-state index contributed by atoms with van der Waals surface area (Å²) in [4.78, 5) is 2.37. The van der Waals surface area contributed by atoms with Crippen molar-refractivity contribution in [3.63, 3.8) is 0 Å². The summed E-state index contributed by atoms with van der Waals surface area (Å²) in [5, 5.41) is 0. The van der Waals surface area contributed by atoms with E-state index in [1.165, 1.54) is 5.56 Å². The van der Waals surface area contributed by atoms with Gasteiger partial charge in [-0.2, -0.15) is 0 Å². The molecule has 5 nitrogen and oxygen atoms in total. The Morgan fingerprint density at radius 2 is 1.95 bits per heavy atom. The number of nitrogens with two attached hydrogens (primary N) is 1. The fourth-order valence-electron chi connectivity index (χ4n) is 2.51. The minimum atomic E-state index is 0. The van der Waals surface area contributed by atoms with Crippen molar-refractivity contribution in [3.8, 4) is 11.5 Å². The molecule has 2 heterocycles. The third kappa shape index (κ3) is 3.55. The average Bonchev–Trinajstić information content (AvgIpc) is 2.47. The van der Waals surface area contributed by atoms with Crippen molar-refractivity contribution in [1.82, 2.24) is 4.90 Å². The Balaban J connectivity index is 0.00000147. The van der Waals surface area contributed by atoms with Crippen LogP contribution in [0.3, 0.4) is 0 Å². The van der Waals surface area contributed by atoms with Crippen LogP contribution < -0.4 is 15.2 Å². The number of hydrogen-bond donors (Lipinski definition) is 1. The molecule has 20 heavy (non-hydrogen) atoms. The number of nitrogens with zero attached hydrogens (tertiary/aromatic N) is 1. The average molecular weight is 301 g/mol. The van der Waals surface area contributed by atoms with Crippen LogP contribution in [-0.4, -0.2) is 50.5 Å². The van der Waals surface area contributed by atoms with Crippen molar-refractivity contribution >= 4 is 12.4 Å². The van der Waals surface area contributed by atoms with Crippen LogP contribution in [0.4, 0.5) is 0 Å². The Morgan fingerprint density at radius 3 is 2.75 bits per heavy atom. The van der Waals surface area contributed by atoms with Gasteiger partial charge in [0.15, 0.2) is 11.5 Å². The molecule has 2 aliphatic rings. The third-order valence-corrected chi connectivity index (χ3v) is 3.50.